The molecule has 0 atom stereocenters. The molecular formula is C15H16BrN5OS. The fourth-order valence-electron chi connectivity index (χ4n) is 2.27. The molecule has 1 N–H and O–H groups in total. The summed E-state index contributed by atoms with van der Waals surface area (Å²) in [5.74, 6) is -0.129. The summed E-state index contributed by atoms with van der Waals surface area (Å²) in [6.45, 7) is 5.59. The molecule has 0 aromatic carbocycles. The van der Waals surface area contributed by atoms with E-state index in [2.05, 4.69) is 38.4 Å². The molecule has 0 saturated carbocycles. The van der Waals surface area contributed by atoms with E-state index in [0.29, 0.717) is 17.1 Å². The minimum absolute atomic E-state index is 0.129. The number of nitrogens with one attached hydrogen (secondary N) is 1. The Labute approximate surface area is 146 Å². The van der Waals surface area contributed by atoms with Crippen LogP contribution >= 0.6 is 27.3 Å². The normalized spacial score (nSPS) is 10.9. The lowest BCUT2D eigenvalue weighted by Crippen LogP contribution is -2.09. The Balaban J connectivity index is 1.68. The van der Waals surface area contributed by atoms with Crippen molar-refractivity contribution in [3.63, 3.8) is 0 Å². The lowest BCUT2D eigenvalue weighted by molar-refractivity contribution is 0.103. The van der Waals surface area contributed by atoms with Crippen molar-refractivity contribution in [1.29, 1.82) is 0 Å². The van der Waals surface area contributed by atoms with Crippen molar-refractivity contribution in [3.05, 3.63) is 50.6 Å². The molecule has 0 unspecified atom stereocenters. The van der Waals surface area contributed by atoms with Gasteiger partial charge in [0.15, 0.2) is 0 Å². The molecule has 3 rings (SSSR count). The van der Waals surface area contributed by atoms with Gasteiger partial charge in [-0.25, -0.2) is 0 Å². The van der Waals surface area contributed by atoms with Crippen molar-refractivity contribution < 1.29 is 4.79 Å². The number of aromatic nitrogens is 4. The van der Waals surface area contributed by atoms with E-state index >= 15 is 0 Å². The molecule has 3 aromatic heterocycles. The zero-order valence-electron chi connectivity index (χ0n) is 12.8. The highest BCUT2D eigenvalue weighted by molar-refractivity contribution is 9.10. The predicted molar refractivity (Wildman–Crippen MR) is 93.9 cm³/mol. The molecule has 0 aliphatic heterocycles. The summed E-state index contributed by atoms with van der Waals surface area (Å²) in [7, 11) is 0. The summed E-state index contributed by atoms with van der Waals surface area (Å²) in [5, 5.41) is 13.4. The maximum absolute atomic E-state index is 12.1. The fraction of sp³-hybridized carbons (Fsp3) is 0.267. The monoisotopic (exact) mass is 393 g/mol. The van der Waals surface area contributed by atoms with Crippen LogP contribution in [-0.4, -0.2) is 25.5 Å². The number of carbonyl (C=O) groups excluding carboxylic acids is 1. The highest BCUT2D eigenvalue weighted by Gasteiger charge is 2.11. The second-order valence-electron chi connectivity index (χ2n) is 5.08. The zero-order chi connectivity index (χ0) is 16.4. The molecule has 8 heteroatoms. The summed E-state index contributed by atoms with van der Waals surface area (Å²) in [4.78, 5) is 12.8. The second-order valence-corrected chi connectivity index (χ2v) is 6.91. The van der Waals surface area contributed by atoms with Crippen LogP contribution in [0, 0.1) is 6.92 Å². The maximum atomic E-state index is 12.1. The standard InChI is InChI=1S/C15H16BrN5OS/c1-3-21-10(2)11(5-18-21)7-20-8-13(6-17-20)19-15(22)14-4-12(16)9-23-14/h4-6,8-9H,3,7H2,1-2H3,(H,19,22). The number of amides is 1. The third-order valence-electron chi connectivity index (χ3n) is 3.52. The third-order valence-corrected chi connectivity index (χ3v) is 5.21. The van der Waals surface area contributed by atoms with E-state index in [1.165, 1.54) is 11.3 Å². The van der Waals surface area contributed by atoms with Gasteiger partial charge in [0.1, 0.15) is 0 Å². The van der Waals surface area contributed by atoms with E-state index in [9.17, 15) is 4.79 Å². The number of nitrogens with zero attached hydrogens (tertiary/aromatic N) is 4. The van der Waals surface area contributed by atoms with Crippen molar-refractivity contribution in [3.8, 4) is 0 Å². The van der Waals surface area contributed by atoms with Crippen molar-refractivity contribution in [2.24, 2.45) is 0 Å². The van der Waals surface area contributed by atoms with E-state index < -0.39 is 0 Å². The Kier molecular flexibility index (Phi) is 4.63. The highest BCUT2D eigenvalue weighted by Crippen LogP contribution is 2.21. The van der Waals surface area contributed by atoms with Gasteiger partial charge in [-0.1, -0.05) is 0 Å². The van der Waals surface area contributed by atoms with Crippen molar-refractivity contribution in [2.75, 3.05) is 5.32 Å². The topological polar surface area (TPSA) is 64.7 Å². The first-order valence-electron chi connectivity index (χ1n) is 7.16. The Morgan fingerprint density at radius 3 is 2.87 bits per heavy atom. The van der Waals surface area contributed by atoms with Gasteiger partial charge in [-0.05, 0) is 35.8 Å². The van der Waals surface area contributed by atoms with Crippen LogP contribution in [0.3, 0.4) is 0 Å². The summed E-state index contributed by atoms with van der Waals surface area (Å²) in [6.07, 6.45) is 5.34. The van der Waals surface area contributed by atoms with Gasteiger partial charge in [0.05, 0.1) is 29.5 Å². The molecule has 0 radical (unpaired) electrons. The number of thiophene rings is 1. The number of anilines is 1. The molecule has 120 valence electrons. The molecule has 0 fully saturated rings. The Morgan fingerprint density at radius 2 is 2.22 bits per heavy atom. The molecule has 0 aliphatic carbocycles. The Bertz CT molecular complexity index is 835. The zero-order valence-corrected chi connectivity index (χ0v) is 15.2. The smallest absolute Gasteiger partial charge is 0.265 e. The molecule has 23 heavy (non-hydrogen) atoms. The number of aryl methyl sites for hydroxylation is 1. The van der Waals surface area contributed by atoms with Crippen LogP contribution in [0.1, 0.15) is 27.9 Å². The van der Waals surface area contributed by atoms with Gasteiger partial charge in [-0.15, -0.1) is 11.3 Å². The number of carbonyl (C=O) groups is 1. The van der Waals surface area contributed by atoms with Crippen LogP contribution in [0.2, 0.25) is 0 Å². The fourth-order valence-corrected chi connectivity index (χ4v) is 3.59. The predicted octanol–water partition coefficient (Wildman–Crippen LogP) is 3.53. The number of halogens is 1. The molecule has 1 amide bonds. The molecule has 0 spiro atoms. The van der Waals surface area contributed by atoms with Crippen LogP contribution in [0.15, 0.2) is 34.5 Å². The van der Waals surface area contributed by atoms with Crippen molar-refractivity contribution >= 4 is 38.9 Å². The lowest BCUT2D eigenvalue weighted by atomic mass is 10.2. The van der Waals surface area contributed by atoms with E-state index in [-0.39, 0.29) is 5.91 Å². The van der Waals surface area contributed by atoms with E-state index in [0.717, 1.165) is 22.3 Å². The molecule has 0 saturated heterocycles. The summed E-state index contributed by atoms with van der Waals surface area (Å²) < 4.78 is 4.66. The Morgan fingerprint density at radius 1 is 1.39 bits per heavy atom. The molecule has 6 nitrogen and oxygen atoms in total. The van der Waals surface area contributed by atoms with Crippen LogP contribution in [0.25, 0.3) is 0 Å². The van der Waals surface area contributed by atoms with E-state index in [1.54, 1.807) is 16.9 Å². The molecule has 3 aromatic rings. The average molecular weight is 394 g/mol. The summed E-state index contributed by atoms with van der Waals surface area (Å²) in [6, 6.07) is 1.80. The average Bonchev–Trinajstić information content (AvgIpc) is 3.22. The van der Waals surface area contributed by atoms with Crippen LogP contribution in [0.4, 0.5) is 5.69 Å². The first-order chi connectivity index (χ1) is 11.1. The second kappa shape index (κ2) is 6.67. The third kappa shape index (κ3) is 3.53. The first kappa shape index (κ1) is 15.9. The van der Waals surface area contributed by atoms with Crippen LogP contribution in [-0.2, 0) is 13.1 Å². The number of hydrogen-bond donors (Lipinski definition) is 1. The molecule has 0 aliphatic rings. The van der Waals surface area contributed by atoms with Gasteiger partial charge in [0, 0.05) is 33.9 Å². The van der Waals surface area contributed by atoms with Gasteiger partial charge in [0.2, 0.25) is 0 Å². The molecular weight excluding hydrogens is 378 g/mol. The largest absolute Gasteiger partial charge is 0.319 e. The number of hydrogen-bond acceptors (Lipinski definition) is 4. The first-order valence-corrected chi connectivity index (χ1v) is 8.83. The van der Waals surface area contributed by atoms with Gasteiger partial charge in [-0.2, -0.15) is 10.2 Å². The molecule has 3 heterocycles. The Hall–Kier alpha value is -1.93. The van der Waals surface area contributed by atoms with E-state index in [1.807, 2.05) is 29.4 Å². The van der Waals surface area contributed by atoms with Crippen molar-refractivity contribution in [2.45, 2.75) is 26.9 Å². The van der Waals surface area contributed by atoms with E-state index in [4.69, 9.17) is 0 Å². The van der Waals surface area contributed by atoms with Gasteiger partial charge in [0.25, 0.3) is 5.91 Å². The highest BCUT2D eigenvalue weighted by atomic mass is 79.9. The number of rotatable bonds is 5. The maximum Gasteiger partial charge on any atom is 0.265 e. The quantitative estimate of drug-likeness (QED) is 0.720. The minimum Gasteiger partial charge on any atom is -0.319 e. The van der Waals surface area contributed by atoms with Gasteiger partial charge >= 0.3 is 0 Å². The summed E-state index contributed by atoms with van der Waals surface area (Å²) >= 11 is 4.74. The summed E-state index contributed by atoms with van der Waals surface area (Å²) in [5.41, 5.74) is 2.94. The van der Waals surface area contributed by atoms with Crippen molar-refractivity contribution in [1.82, 2.24) is 19.6 Å². The van der Waals surface area contributed by atoms with Gasteiger partial charge in [-0.3, -0.25) is 14.2 Å². The lowest BCUT2D eigenvalue weighted by Gasteiger charge is -2.03. The SMILES string of the molecule is CCn1ncc(Cn2cc(NC(=O)c3cc(Br)cs3)cn2)c1C. The van der Waals surface area contributed by atoms with Crippen LogP contribution < -0.4 is 5.32 Å². The molecule has 0 bridgehead atoms. The van der Waals surface area contributed by atoms with Gasteiger partial charge < -0.3 is 5.32 Å². The van der Waals surface area contributed by atoms with Crippen LogP contribution in [0.5, 0.6) is 0 Å². The minimum atomic E-state index is -0.129.